The number of aromatic amines is 1. The number of hydrogen-bond acceptors (Lipinski definition) is 2. The van der Waals surface area contributed by atoms with Crippen LogP contribution in [0.5, 0.6) is 0 Å². The SMILES string of the molecule is Cc1cc(=O)n(CCCCCC(C)C)c(=S)[nH]1. The lowest BCUT2D eigenvalue weighted by Crippen LogP contribution is -2.21. The Morgan fingerprint density at radius 1 is 1.35 bits per heavy atom. The molecule has 1 N–H and O–H groups in total. The van der Waals surface area contributed by atoms with Crippen molar-refractivity contribution in [2.24, 2.45) is 5.92 Å². The molecule has 17 heavy (non-hydrogen) atoms. The summed E-state index contributed by atoms with van der Waals surface area (Å²) in [6.07, 6.45) is 4.67. The van der Waals surface area contributed by atoms with E-state index in [1.54, 1.807) is 10.6 Å². The van der Waals surface area contributed by atoms with E-state index in [2.05, 4.69) is 18.8 Å². The molecule has 1 aromatic rings. The van der Waals surface area contributed by atoms with Crippen LogP contribution in [0.1, 0.15) is 45.2 Å². The second-order valence-corrected chi connectivity index (χ2v) is 5.38. The first-order valence-corrected chi connectivity index (χ1v) is 6.72. The van der Waals surface area contributed by atoms with Gasteiger partial charge in [-0.05, 0) is 31.5 Å². The van der Waals surface area contributed by atoms with Gasteiger partial charge in [-0.15, -0.1) is 0 Å². The van der Waals surface area contributed by atoms with E-state index in [-0.39, 0.29) is 5.56 Å². The summed E-state index contributed by atoms with van der Waals surface area (Å²) in [7, 11) is 0. The predicted octanol–water partition coefficient (Wildman–Crippen LogP) is 3.43. The molecule has 0 bridgehead atoms. The van der Waals surface area contributed by atoms with Crippen LogP contribution in [-0.2, 0) is 6.54 Å². The number of aryl methyl sites for hydroxylation is 1. The fraction of sp³-hybridized carbons (Fsp3) is 0.692. The molecule has 1 heterocycles. The second kappa shape index (κ2) is 6.74. The smallest absolute Gasteiger partial charge is 0.254 e. The Labute approximate surface area is 108 Å². The van der Waals surface area contributed by atoms with E-state index in [1.165, 1.54) is 12.8 Å². The number of nitrogens with zero attached hydrogens (tertiary/aromatic N) is 1. The zero-order valence-electron chi connectivity index (χ0n) is 11.0. The Morgan fingerprint density at radius 2 is 2.06 bits per heavy atom. The lowest BCUT2D eigenvalue weighted by molar-refractivity contribution is 0.499. The van der Waals surface area contributed by atoms with Crippen LogP contribution in [0.3, 0.4) is 0 Å². The number of rotatable bonds is 6. The van der Waals surface area contributed by atoms with Crippen molar-refractivity contribution in [1.82, 2.24) is 9.55 Å². The minimum Gasteiger partial charge on any atom is -0.336 e. The molecule has 0 radical (unpaired) electrons. The number of hydrogen-bond donors (Lipinski definition) is 1. The number of nitrogens with one attached hydrogen (secondary N) is 1. The number of unbranched alkanes of at least 4 members (excludes halogenated alkanes) is 2. The number of aromatic nitrogens is 2. The van der Waals surface area contributed by atoms with Crippen molar-refractivity contribution >= 4 is 12.2 Å². The first-order valence-electron chi connectivity index (χ1n) is 6.31. The molecule has 1 rings (SSSR count). The molecule has 0 aliphatic heterocycles. The molecule has 0 amide bonds. The predicted molar refractivity (Wildman–Crippen MR) is 73.9 cm³/mol. The second-order valence-electron chi connectivity index (χ2n) is 4.99. The molecule has 0 saturated heterocycles. The third kappa shape index (κ3) is 4.86. The highest BCUT2D eigenvalue weighted by molar-refractivity contribution is 7.71. The Bertz CT molecular complexity index is 428. The van der Waals surface area contributed by atoms with E-state index in [1.807, 2.05) is 6.92 Å². The normalized spacial score (nSPS) is 11.1. The highest BCUT2D eigenvalue weighted by Crippen LogP contribution is 2.08. The molecule has 3 nitrogen and oxygen atoms in total. The van der Waals surface area contributed by atoms with Gasteiger partial charge in [0.05, 0.1) is 0 Å². The minimum atomic E-state index is 0.00936. The Kier molecular flexibility index (Phi) is 5.62. The van der Waals surface area contributed by atoms with Gasteiger partial charge in [0.2, 0.25) is 0 Å². The van der Waals surface area contributed by atoms with Crippen LogP contribution in [0.15, 0.2) is 10.9 Å². The molecular weight excluding hydrogens is 232 g/mol. The van der Waals surface area contributed by atoms with Gasteiger partial charge in [-0.25, -0.2) is 0 Å². The minimum absolute atomic E-state index is 0.00936. The molecule has 0 fully saturated rings. The van der Waals surface area contributed by atoms with Crippen LogP contribution in [-0.4, -0.2) is 9.55 Å². The van der Waals surface area contributed by atoms with Gasteiger partial charge in [-0.2, -0.15) is 0 Å². The average molecular weight is 254 g/mol. The van der Waals surface area contributed by atoms with Crippen LogP contribution in [0.2, 0.25) is 0 Å². The summed E-state index contributed by atoms with van der Waals surface area (Å²) in [5, 5.41) is 0. The van der Waals surface area contributed by atoms with Crippen molar-refractivity contribution in [3.63, 3.8) is 0 Å². The summed E-state index contributed by atoms with van der Waals surface area (Å²) in [5.41, 5.74) is 0.839. The lowest BCUT2D eigenvalue weighted by Gasteiger charge is -2.07. The monoisotopic (exact) mass is 254 g/mol. The summed E-state index contributed by atoms with van der Waals surface area (Å²) < 4.78 is 2.19. The van der Waals surface area contributed by atoms with E-state index in [0.717, 1.165) is 31.0 Å². The van der Waals surface area contributed by atoms with Crippen molar-refractivity contribution in [2.45, 2.75) is 53.0 Å². The van der Waals surface area contributed by atoms with E-state index >= 15 is 0 Å². The van der Waals surface area contributed by atoms with Crippen LogP contribution < -0.4 is 5.56 Å². The third-order valence-electron chi connectivity index (χ3n) is 2.82. The maximum atomic E-state index is 11.7. The van der Waals surface area contributed by atoms with E-state index in [9.17, 15) is 4.79 Å². The molecule has 96 valence electrons. The Morgan fingerprint density at radius 3 is 2.65 bits per heavy atom. The van der Waals surface area contributed by atoms with Crippen LogP contribution in [0.25, 0.3) is 0 Å². The Balaban J connectivity index is 2.48. The maximum absolute atomic E-state index is 11.7. The van der Waals surface area contributed by atoms with Crippen LogP contribution >= 0.6 is 12.2 Å². The zero-order valence-corrected chi connectivity index (χ0v) is 11.8. The fourth-order valence-corrected chi connectivity index (χ4v) is 2.19. The molecule has 0 saturated carbocycles. The lowest BCUT2D eigenvalue weighted by atomic mass is 10.1. The molecule has 0 spiro atoms. The maximum Gasteiger partial charge on any atom is 0.254 e. The summed E-state index contributed by atoms with van der Waals surface area (Å²) in [6.45, 7) is 7.05. The van der Waals surface area contributed by atoms with E-state index in [4.69, 9.17) is 12.2 Å². The van der Waals surface area contributed by atoms with Gasteiger partial charge in [-0.1, -0.05) is 33.1 Å². The van der Waals surface area contributed by atoms with E-state index < -0.39 is 0 Å². The van der Waals surface area contributed by atoms with Gasteiger partial charge in [0.25, 0.3) is 5.56 Å². The quantitative estimate of drug-likeness (QED) is 0.624. The van der Waals surface area contributed by atoms with E-state index in [0.29, 0.717) is 4.77 Å². The van der Waals surface area contributed by atoms with Crippen molar-refractivity contribution in [3.05, 3.63) is 26.9 Å². The zero-order chi connectivity index (χ0) is 12.8. The van der Waals surface area contributed by atoms with Crippen molar-refractivity contribution in [2.75, 3.05) is 0 Å². The topological polar surface area (TPSA) is 37.8 Å². The molecule has 0 atom stereocenters. The molecular formula is C13H22N2OS. The molecule has 0 unspecified atom stereocenters. The van der Waals surface area contributed by atoms with Crippen molar-refractivity contribution in [1.29, 1.82) is 0 Å². The molecule has 1 aromatic heterocycles. The van der Waals surface area contributed by atoms with Crippen LogP contribution in [0.4, 0.5) is 0 Å². The molecule has 0 aliphatic carbocycles. The van der Waals surface area contributed by atoms with Crippen LogP contribution in [0, 0.1) is 17.6 Å². The standard InChI is InChI=1S/C13H22N2OS/c1-10(2)7-5-4-6-8-15-12(16)9-11(3)14-13(15)17/h9-10H,4-8H2,1-3H3,(H,14,17). The first kappa shape index (κ1) is 14.2. The molecule has 0 aliphatic rings. The van der Waals surface area contributed by atoms with Gasteiger partial charge in [0.1, 0.15) is 0 Å². The molecule has 4 heteroatoms. The third-order valence-corrected chi connectivity index (χ3v) is 3.14. The van der Waals surface area contributed by atoms with Gasteiger partial charge in [0.15, 0.2) is 4.77 Å². The first-order chi connectivity index (χ1) is 8.00. The number of H-pyrrole nitrogens is 1. The summed E-state index contributed by atoms with van der Waals surface area (Å²) in [4.78, 5) is 14.7. The van der Waals surface area contributed by atoms with Gasteiger partial charge >= 0.3 is 0 Å². The van der Waals surface area contributed by atoms with Gasteiger partial charge in [0, 0.05) is 18.3 Å². The largest absolute Gasteiger partial charge is 0.336 e. The summed E-state index contributed by atoms with van der Waals surface area (Å²) in [6, 6.07) is 1.60. The highest BCUT2D eigenvalue weighted by atomic mass is 32.1. The Hall–Kier alpha value is -0.900. The highest BCUT2D eigenvalue weighted by Gasteiger charge is 2.00. The van der Waals surface area contributed by atoms with Crippen molar-refractivity contribution < 1.29 is 0 Å². The van der Waals surface area contributed by atoms with Gasteiger partial charge < -0.3 is 4.98 Å². The van der Waals surface area contributed by atoms with Crippen molar-refractivity contribution in [3.8, 4) is 0 Å². The average Bonchev–Trinajstić information content (AvgIpc) is 2.20. The molecule has 0 aromatic carbocycles. The van der Waals surface area contributed by atoms with Gasteiger partial charge in [-0.3, -0.25) is 9.36 Å². The summed E-state index contributed by atoms with van der Waals surface area (Å²) >= 11 is 5.15. The summed E-state index contributed by atoms with van der Waals surface area (Å²) in [5.74, 6) is 0.764. The fourth-order valence-electron chi connectivity index (χ4n) is 1.85.